The van der Waals surface area contributed by atoms with Crippen LogP contribution in [-0.4, -0.2) is 29.4 Å². The first kappa shape index (κ1) is 27.5. The Bertz CT molecular complexity index is 1190. The van der Waals surface area contributed by atoms with E-state index in [2.05, 4.69) is 44.1 Å². The first-order valence-corrected chi connectivity index (χ1v) is 13.1. The quantitative estimate of drug-likeness (QED) is 0.100. The van der Waals surface area contributed by atoms with E-state index in [4.69, 9.17) is 4.74 Å². The van der Waals surface area contributed by atoms with Crippen LogP contribution >= 0.6 is 31.9 Å². The average molecular weight is 623 g/mol. The van der Waals surface area contributed by atoms with Crippen molar-refractivity contribution in [3.8, 4) is 5.75 Å². The minimum atomic E-state index is -0.983. The molecule has 1 fully saturated rings. The van der Waals surface area contributed by atoms with Crippen molar-refractivity contribution in [2.24, 2.45) is 0 Å². The third-order valence-corrected chi connectivity index (χ3v) is 6.65. The fraction of sp³-hybridized carbons (Fsp3) is 0.320. The molecule has 1 aliphatic heterocycles. The van der Waals surface area contributed by atoms with E-state index in [1.165, 1.54) is 50.0 Å². The molecule has 0 aromatic heterocycles. The summed E-state index contributed by atoms with van der Waals surface area (Å²) in [7, 11) is 0. The molecule has 4 amide bonds. The molecule has 0 saturated carbocycles. The molecule has 36 heavy (non-hydrogen) atoms. The predicted octanol–water partition coefficient (Wildman–Crippen LogP) is 6.53. The van der Waals surface area contributed by atoms with Crippen LogP contribution in [0.5, 0.6) is 5.75 Å². The van der Waals surface area contributed by atoms with Gasteiger partial charge in [0.05, 0.1) is 26.2 Å². The van der Waals surface area contributed by atoms with Crippen LogP contribution in [0.1, 0.15) is 51.0 Å². The summed E-state index contributed by atoms with van der Waals surface area (Å²) in [6, 6.07) is 7.47. The molecule has 190 valence electrons. The van der Waals surface area contributed by atoms with E-state index in [1.54, 1.807) is 12.1 Å². The molecule has 1 saturated heterocycles. The maximum Gasteiger partial charge on any atom is 0.335 e. The zero-order valence-electron chi connectivity index (χ0n) is 19.6. The molecule has 0 atom stereocenters. The van der Waals surface area contributed by atoms with E-state index in [0.717, 1.165) is 18.9 Å². The smallest absolute Gasteiger partial charge is 0.335 e. The molecule has 2 aromatic carbocycles. The van der Waals surface area contributed by atoms with Crippen molar-refractivity contribution in [1.29, 1.82) is 0 Å². The summed E-state index contributed by atoms with van der Waals surface area (Å²) >= 11 is 6.96. The van der Waals surface area contributed by atoms with Gasteiger partial charge < -0.3 is 4.74 Å². The van der Waals surface area contributed by atoms with Crippen LogP contribution in [0.15, 0.2) is 50.9 Å². The van der Waals surface area contributed by atoms with Crippen LogP contribution in [0.2, 0.25) is 0 Å². The molecule has 9 nitrogen and oxygen atoms in total. The molecule has 1 aliphatic rings. The van der Waals surface area contributed by atoms with Gasteiger partial charge in [0.2, 0.25) is 0 Å². The number of benzene rings is 2. The van der Waals surface area contributed by atoms with Gasteiger partial charge in [-0.2, -0.15) is 0 Å². The lowest BCUT2D eigenvalue weighted by atomic mass is 10.1. The Balaban J connectivity index is 1.78. The summed E-state index contributed by atoms with van der Waals surface area (Å²) in [4.78, 5) is 49.1. The van der Waals surface area contributed by atoms with Gasteiger partial charge in [-0.15, -0.1) is 0 Å². The largest absolute Gasteiger partial charge is 0.491 e. The van der Waals surface area contributed by atoms with E-state index in [1.807, 2.05) is 0 Å². The summed E-state index contributed by atoms with van der Waals surface area (Å²) in [6.45, 7) is 2.74. The van der Waals surface area contributed by atoms with Gasteiger partial charge in [0.25, 0.3) is 17.5 Å². The van der Waals surface area contributed by atoms with Crippen molar-refractivity contribution >= 4 is 67.2 Å². The van der Waals surface area contributed by atoms with Crippen LogP contribution in [0, 0.1) is 10.1 Å². The molecular weight excluding hydrogens is 598 g/mol. The second-order valence-corrected chi connectivity index (χ2v) is 9.87. The highest BCUT2D eigenvalue weighted by molar-refractivity contribution is 9.11. The molecular formula is C25H25Br2N3O6. The first-order valence-electron chi connectivity index (χ1n) is 11.5. The van der Waals surface area contributed by atoms with Crippen LogP contribution < -0.4 is 15.0 Å². The molecule has 2 aromatic rings. The van der Waals surface area contributed by atoms with Gasteiger partial charge in [-0.1, -0.05) is 45.1 Å². The maximum absolute atomic E-state index is 13.1. The van der Waals surface area contributed by atoms with E-state index >= 15 is 0 Å². The third-order valence-electron chi connectivity index (χ3n) is 5.48. The monoisotopic (exact) mass is 621 g/mol. The summed E-state index contributed by atoms with van der Waals surface area (Å²) in [5.41, 5.74) is -0.0981. The summed E-state index contributed by atoms with van der Waals surface area (Å²) in [5.74, 6) is -1.14. The Kier molecular flexibility index (Phi) is 9.77. The fourth-order valence-corrected chi connectivity index (χ4v) is 5.11. The standard InChI is InChI=1S/C25H25Br2N3O6/c1-2-3-4-5-6-7-11-36-22-20(26)13-16(14-21(22)27)12-19-23(31)28-25(33)29(24(19)32)17-9-8-10-18(15-17)30(34)35/h8-10,12-15H,2-7,11H2,1H3,(H,28,31,33)/b19-12-. The number of nitro benzene ring substituents is 1. The number of anilines is 1. The first-order chi connectivity index (χ1) is 17.2. The molecule has 1 N–H and O–H groups in total. The topological polar surface area (TPSA) is 119 Å². The molecule has 3 rings (SSSR count). The molecule has 0 aliphatic carbocycles. The predicted molar refractivity (Wildman–Crippen MR) is 143 cm³/mol. The summed E-state index contributed by atoms with van der Waals surface area (Å²) < 4.78 is 7.17. The zero-order valence-corrected chi connectivity index (χ0v) is 22.8. The Hall–Kier alpha value is -3.05. The van der Waals surface area contributed by atoms with Crippen molar-refractivity contribution < 1.29 is 24.0 Å². The van der Waals surface area contributed by atoms with Gasteiger partial charge in [0.15, 0.2) is 0 Å². The number of urea groups is 1. The number of nitrogens with zero attached hydrogens (tertiary/aromatic N) is 2. The number of hydrogen-bond donors (Lipinski definition) is 1. The highest BCUT2D eigenvalue weighted by Crippen LogP contribution is 2.36. The number of ether oxygens (including phenoxy) is 1. The summed E-state index contributed by atoms with van der Waals surface area (Å²) in [6.07, 6.45) is 8.23. The van der Waals surface area contributed by atoms with Crippen molar-refractivity contribution in [3.63, 3.8) is 0 Å². The highest BCUT2D eigenvalue weighted by atomic mass is 79.9. The number of non-ortho nitro benzene ring substituents is 1. The number of barbiturate groups is 1. The van der Waals surface area contributed by atoms with Gasteiger partial charge in [0, 0.05) is 12.1 Å². The fourth-order valence-electron chi connectivity index (χ4n) is 3.66. The van der Waals surface area contributed by atoms with Gasteiger partial charge in [-0.05, 0) is 68.1 Å². The Morgan fingerprint density at radius 2 is 1.69 bits per heavy atom. The number of amides is 4. The normalized spacial score (nSPS) is 14.8. The second kappa shape index (κ2) is 12.8. The maximum atomic E-state index is 13.1. The number of imide groups is 2. The Labute approximate surface area is 225 Å². The Morgan fingerprint density at radius 3 is 2.36 bits per heavy atom. The van der Waals surface area contributed by atoms with E-state index < -0.39 is 22.8 Å². The molecule has 1 heterocycles. The SMILES string of the molecule is CCCCCCCCOc1c(Br)cc(/C=C2/C(=O)NC(=O)N(c3cccc([N+](=O)[O-])c3)C2=O)cc1Br. The van der Waals surface area contributed by atoms with Crippen molar-refractivity contribution in [2.75, 3.05) is 11.5 Å². The lowest BCUT2D eigenvalue weighted by molar-refractivity contribution is -0.384. The number of carbonyl (C=O) groups excluding carboxylic acids is 3. The van der Waals surface area contributed by atoms with E-state index in [0.29, 0.717) is 31.8 Å². The average Bonchev–Trinajstić information content (AvgIpc) is 2.82. The van der Waals surface area contributed by atoms with E-state index in [9.17, 15) is 24.5 Å². The Morgan fingerprint density at radius 1 is 1.03 bits per heavy atom. The van der Waals surface area contributed by atoms with E-state index in [-0.39, 0.29) is 16.9 Å². The lowest BCUT2D eigenvalue weighted by Gasteiger charge is -2.26. The van der Waals surface area contributed by atoms with Gasteiger partial charge in [-0.25, -0.2) is 9.69 Å². The van der Waals surface area contributed by atoms with Gasteiger partial charge in [0.1, 0.15) is 11.3 Å². The van der Waals surface area contributed by atoms with Crippen molar-refractivity contribution in [1.82, 2.24) is 5.32 Å². The van der Waals surface area contributed by atoms with Gasteiger partial charge in [-0.3, -0.25) is 25.0 Å². The minimum Gasteiger partial charge on any atom is -0.491 e. The van der Waals surface area contributed by atoms with Crippen molar-refractivity contribution in [2.45, 2.75) is 45.4 Å². The lowest BCUT2D eigenvalue weighted by Crippen LogP contribution is -2.54. The molecule has 0 spiro atoms. The number of rotatable bonds is 11. The van der Waals surface area contributed by atoms with Crippen LogP contribution in [0.4, 0.5) is 16.2 Å². The van der Waals surface area contributed by atoms with Crippen LogP contribution in [0.3, 0.4) is 0 Å². The summed E-state index contributed by atoms with van der Waals surface area (Å²) in [5, 5.41) is 13.2. The number of nitro groups is 1. The number of hydrogen-bond acceptors (Lipinski definition) is 6. The second-order valence-electron chi connectivity index (χ2n) is 8.16. The molecule has 0 radical (unpaired) electrons. The number of carbonyl (C=O) groups is 3. The van der Waals surface area contributed by atoms with Gasteiger partial charge >= 0.3 is 6.03 Å². The number of halogens is 2. The number of nitrogens with one attached hydrogen (secondary N) is 1. The van der Waals surface area contributed by atoms with Crippen LogP contribution in [0.25, 0.3) is 6.08 Å². The number of unbranched alkanes of at least 4 members (excludes halogenated alkanes) is 5. The minimum absolute atomic E-state index is 0.0223. The highest BCUT2D eigenvalue weighted by Gasteiger charge is 2.37. The third kappa shape index (κ3) is 6.79. The molecule has 11 heteroatoms. The van der Waals surface area contributed by atoms with Crippen LogP contribution in [-0.2, 0) is 9.59 Å². The molecule has 0 unspecified atom stereocenters. The molecule has 0 bridgehead atoms. The zero-order chi connectivity index (χ0) is 26.2. The van der Waals surface area contributed by atoms with Crippen molar-refractivity contribution in [3.05, 3.63) is 66.6 Å².